The maximum Gasteiger partial charge on any atom is 0.280 e. The number of aliphatic hydroxyl groups is 3. The smallest absolute Gasteiger partial charge is 0.280 e. The van der Waals surface area contributed by atoms with Crippen LogP contribution in [0.25, 0.3) is 11.2 Å². The first-order valence-corrected chi connectivity index (χ1v) is 8.91. The summed E-state index contributed by atoms with van der Waals surface area (Å²) < 4.78 is 6.74. The van der Waals surface area contributed by atoms with Crippen LogP contribution in [-0.4, -0.2) is 65.7 Å². The second kappa shape index (κ2) is 7.72. The van der Waals surface area contributed by atoms with Crippen LogP contribution >= 0.6 is 0 Å². The molecule has 3 aromatic rings. The maximum atomic E-state index is 12.3. The molecule has 0 saturated carbocycles. The van der Waals surface area contributed by atoms with E-state index in [2.05, 4.69) is 20.3 Å². The first-order valence-electron chi connectivity index (χ1n) is 8.91. The second-order valence-corrected chi connectivity index (χ2v) is 6.68. The summed E-state index contributed by atoms with van der Waals surface area (Å²) in [6.07, 6.45) is -3.43. The number of carbonyl (C=O) groups excluding carboxylic acids is 1. The minimum absolute atomic E-state index is 0.0243. The summed E-state index contributed by atoms with van der Waals surface area (Å²) in [5.74, 6) is -0.463. The van der Waals surface area contributed by atoms with Gasteiger partial charge in [0.15, 0.2) is 17.4 Å². The van der Waals surface area contributed by atoms with E-state index in [0.29, 0.717) is 0 Å². The van der Waals surface area contributed by atoms with Gasteiger partial charge in [0.05, 0.1) is 19.4 Å². The number of H-pyrrole nitrogens is 1. The van der Waals surface area contributed by atoms with Crippen LogP contribution in [0.2, 0.25) is 0 Å². The predicted octanol–water partition coefficient (Wildman–Crippen LogP) is -1.09. The number of rotatable bonds is 5. The monoisotopic (exact) mass is 401 g/mol. The van der Waals surface area contributed by atoms with Gasteiger partial charge in [-0.2, -0.15) is 4.98 Å². The summed E-state index contributed by atoms with van der Waals surface area (Å²) in [7, 11) is 0. The molecule has 1 aliphatic heterocycles. The van der Waals surface area contributed by atoms with Gasteiger partial charge < -0.3 is 20.1 Å². The lowest BCUT2D eigenvalue weighted by atomic mass is 10.1. The Bertz CT molecular complexity index is 1080. The van der Waals surface area contributed by atoms with Crippen molar-refractivity contribution in [3.8, 4) is 0 Å². The summed E-state index contributed by atoms with van der Waals surface area (Å²) in [6, 6.07) is 9.07. The number of benzene rings is 1. The Labute approximate surface area is 163 Å². The Hall–Kier alpha value is -3.12. The lowest BCUT2D eigenvalue weighted by molar-refractivity contribution is -0.115. The van der Waals surface area contributed by atoms with Gasteiger partial charge in [-0.25, -0.2) is 4.98 Å². The van der Waals surface area contributed by atoms with Gasteiger partial charge in [-0.15, -0.1) is 0 Å². The molecule has 1 fully saturated rings. The zero-order valence-corrected chi connectivity index (χ0v) is 15.1. The molecule has 0 spiro atoms. The Kier molecular flexibility index (Phi) is 5.11. The summed E-state index contributed by atoms with van der Waals surface area (Å²) in [4.78, 5) is 35.2. The second-order valence-electron chi connectivity index (χ2n) is 6.68. The number of ether oxygens (including phenoxy) is 1. The average molecular weight is 401 g/mol. The molecule has 1 aromatic carbocycles. The van der Waals surface area contributed by atoms with Crippen molar-refractivity contribution in [2.45, 2.75) is 31.0 Å². The number of imidazole rings is 1. The van der Waals surface area contributed by atoms with E-state index in [0.717, 1.165) is 5.56 Å². The number of aliphatic hydroxyl groups excluding tert-OH is 3. The van der Waals surface area contributed by atoms with Crippen molar-refractivity contribution in [3.63, 3.8) is 0 Å². The van der Waals surface area contributed by atoms with E-state index >= 15 is 0 Å². The average Bonchev–Trinajstić information content (AvgIpc) is 3.24. The molecule has 11 heteroatoms. The lowest BCUT2D eigenvalue weighted by Gasteiger charge is -2.16. The van der Waals surface area contributed by atoms with Crippen molar-refractivity contribution in [2.75, 3.05) is 11.9 Å². The van der Waals surface area contributed by atoms with E-state index in [9.17, 15) is 24.9 Å². The van der Waals surface area contributed by atoms with Crippen molar-refractivity contribution in [3.05, 3.63) is 52.6 Å². The minimum atomic E-state index is -1.36. The first-order chi connectivity index (χ1) is 14.0. The van der Waals surface area contributed by atoms with E-state index in [-0.39, 0.29) is 29.4 Å². The van der Waals surface area contributed by atoms with E-state index in [1.165, 1.54) is 10.9 Å². The van der Waals surface area contributed by atoms with Crippen LogP contribution in [0.3, 0.4) is 0 Å². The zero-order valence-electron chi connectivity index (χ0n) is 15.1. The van der Waals surface area contributed by atoms with E-state index in [1.54, 1.807) is 12.1 Å². The van der Waals surface area contributed by atoms with Gasteiger partial charge >= 0.3 is 0 Å². The summed E-state index contributed by atoms with van der Waals surface area (Å²) in [5, 5.41) is 32.0. The molecule has 0 radical (unpaired) electrons. The molecule has 4 rings (SSSR count). The highest BCUT2D eigenvalue weighted by Gasteiger charge is 2.44. The van der Waals surface area contributed by atoms with Gasteiger partial charge in [-0.05, 0) is 5.56 Å². The topological polar surface area (TPSA) is 163 Å². The minimum Gasteiger partial charge on any atom is -0.394 e. The fraction of sp³-hybridized carbons (Fsp3) is 0.333. The van der Waals surface area contributed by atoms with Crippen molar-refractivity contribution in [2.24, 2.45) is 0 Å². The van der Waals surface area contributed by atoms with Gasteiger partial charge in [0.2, 0.25) is 11.9 Å². The summed E-state index contributed by atoms with van der Waals surface area (Å²) >= 11 is 0. The largest absolute Gasteiger partial charge is 0.394 e. The van der Waals surface area contributed by atoms with Crippen molar-refractivity contribution in [1.82, 2.24) is 19.5 Å². The predicted molar refractivity (Wildman–Crippen MR) is 99.9 cm³/mol. The zero-order chi connectivity index (χ0) is 20.5. The molecular weight excluding hydrogens is 382 g/mol. The quantitative estimate of drug-likeness (QED) is 0.360. The third kappa shape index (κ3) is 3.63. The number of aromatic amines is 1. The standard InChI is InChI=1S/C18H19N5O6/c24-7-10-13(26)14(27)17(29-10)23-8-19-12-15(23)21-18(22-16(12)28)20-11(25)6-9-4-2-1-3-5-9/h1-5,8,10,13-14,17,24,26-27H,6-7H2,(H2,20,21,22,25,28)/t10-,13+,14+,17-/m0/s1. The van der Waals surface area contributed by atoms with Crippen molar-refractivity contribution in [1.29, 1.82) is 0 Å². The number of nitrogens with one attached hydrogen (secondary N) is 2. The number of nitrogens with zero attached hydrogens (tertiary/aromatic N) is 3. The number of fused-ring (bicyclic) bond motifs is 1. The highest BCUT2D eigenvalue weighted by atomic mass is 16.6. The number of aromatic nitrogens is 4. The summed E-state index contributed by atoms with van der Waals surface area (Å²) in [5.41, 5.74) is 0.239. The Morgan fingerprint density at radius 2 is 2.00 bits per heavy atom. The lowest BCUT2D eigenvalue weighted by Crippen LogP contribution is -2.33. The fourth-order valence-electron chi connectivity index (χ4n) is 3.24. The number of hydrogen-bond donors (Lipinski definition) is 5. The Morgan fingerprint density at radius 3 is 2.69 bits per heavy atom. The molecule has 1 amide bonds. The number of anilines is 1. The third-order valence-electron chi connectivity index (χ3n) is 4.69. The van der Waals surface area contributed by atoms with Gasteiger partial charge in [-0.3, -0.25) is 24.5 Å². The Balaban J connectivity index is 1.62. The Morgan fingerprint density at radius 1 is 1.24 bits per heavy atom. The molecule has 1 saturated heterocycles. The molecule has 11 nitrogen and oxygen atoms in total. The molecule has 2 aromatic heterocycles. The first kappa shape index (κ1) is 19.2. The van der Waals surface area contributed by atoms with E-state index < -0.39 is 36.7 Å². The van der Waals surface area contributed by atoms with Crippen LogP contribution in [0, 0.1) is 0 Å². The van der Waals surface area contributed by atoms with E-state index in [1.807, 2.05) is 18.2 Å². The molecule has 4 atom stereocenters. The molecule has 0 aliphatic carbocycles. The van der Waals surface area contributed by atoms with Crippen LogP contribution in [0.5, 0.6) is 0 Å². The van der Waals surface area contributed by atoms with Crippen molar-refractivity contribution >= 4 is 23.0 Å². The van der Waals surface area contributed by atoms with Gasteiger partial charge in [0.25, 0.3) is 5.56 Å². The molecule has 0 unspecified atom stereocenters. The van der Waals surface area contributed by atoms with Crippen LogP contribution in [-0.2, 0) is 16.0 Å². The van der Waals surface area contributed by atoms with Gasteiger partial charge in [0, 0.05) is 0 Å². The van der Waals surface area contributed by atoms with Gasteiger partial charge in [-0.1, -0.05) is 30.3 Å². The molecule has 152 valence electrons. The SMILES string of the molecule is O=C(Cc1ccccc1)Nc1nc2c(ncn2[C@H]2O[C@@H](CO)[C@@H](O)[C@H]2O)c(=O)[nH]1. The third-order valence-corrected chi connectivity index (χ3v) is 4.69. The van der Waals surface area contributed by atoms with Crippen LogP contribution in [0.1, 0.15) is 11.8 Å². The van der Waals surface area contributed by atoms with Gasteiger partial charge in [0.1, 0.15) is 18.3 Å². The highest BCUT2D eigenvalue weighted by molar-refractivity contribution is 5.91. The highest BCUT2D eigenvalue weighted by Crippen LogP contribution is 2.30. The van der Waals surface area contributed by atoms with Crippen molar-refractivity contribution < 1.29 is 24.9 Å². The molecule has 0 bridgehead atoms. The number of hydrogen-bond acceptors (Lipinski definition) is 8. The van der Waals surface area contributed by atoms with Crippen LogP contribution in [0.4, 0.5) is 5.95 Å². The normalized spacial score (nSPS) is 24.1. The fourth-order valence-corrected chi connectivity index (χ4v) is 3.24. The molecule has 29 heavy (non-hydrogen) atoms. The molecular formula is C18H19N5O6. The van der Waals surface area contributed by atoms with E-state index in [4.69, 9.17) is 4.74 Å². The number of amides is 1. The maximum absolute atomic E-state index is 12.3. The molecule has 3 heterocycles. The van der Waals surface area contributed by atoms with Crippen LogP contribution < -0.4 is 10.9 Å². The van der Waals surface area contributed by atoms with Crippen LogP contribution in [0.15, 0.2) is 41.5 Å². The summed E-state index contributed by atoms with van der Waals surface area (Å²) in [6.45, 7) is -0.490. The molecule has 1 aliphatic rings. The molecule has 5 N–H and O–H groups in total. The number of carbonyl (C=O) groups is 1.